The van der Waals surface area contributed by atoms with Crippen molar-refractivity contribution in [3.63, 3.8) is 0 Å². The first-order valence-electron chi connectivity index (χ1n) is 15.6. The van der Waals surface area contributed by atoms with Crippen LogP contribution >= 0.6 is 0 Å². The van der Waals surface area contributed by atoms with Gasteiger partial charge in [-0.3, -0.25) is 9.88 Å². The fourth-order valence-corrected chi connectivity index (χ4v) is 7.03. The first-order valence-corrected chi connectivity index (χ1v) is 15.6. The number of aromatic nitrogens is 1. The molecule has 1 unspecified atom stereocenters. The highest BCUT2D eigenvalue weighted by Gasteiger charge is 2.37. The fraction of sp³-hybridized carbons (Fsp3) is 0.146. The number of benzene rings is 3. The van der Waals surface area contributed by atoms with Gasteiger partial charge in [0.2, 0.25) is 5.88 Å². The van der Waals surface area contributed by atoms with Gasteiger partial charge in [-0.25, -0.2) is 0 Å². The fourth-order valence-electron chi connectivity index (χ4n) is 7.03. The molecule has 0 saturated heterocycles. The van der Waals surface area contributed by atoms with Gasteiger partial charge in [0.05, 0.1) is 0 Å². The molecule has 4 heterocycles. The van der Waals surface area contributed by atoms with Crippen molar-refractivity contribution in [2.24, 2.45) is 0 Å². The largest absolute Gasteiger partial charge is 0.438 e. The predicted octanol–water partition coefficient (Wildman–Crippen LogP) is 10.1. The highest BCUT2D eigenvalue weighted by atomic mass is 16.4. The summed E-state index contributed by atoms with van der Waals surface area (Å²) in [6.07, 6.45) is 18.5. The maximum atomic E-state index is 6.26. The Kier molecular flexibility index (Phi) is 6.28. The second-order valence-electron chi connectivity index (χ2n) is 12.6. The van der Waals surface area contributed by atoms with Gasteiger partial charge in [-0.05, 0) is 99.0 Å². The summed E-state index contributed by atoms with van der Waals surface area (Å²) in [4.78, 5) is 8.68. The van der Waals surface area contributed by atoms with E-state index in [4.69, 9.17) is 4.42 Å². The van der Waals surface area contributed by atoms with E-state index in [1.165, 1.54) is 50.1 Å². The van der Waals surface area contributed by atoms with E-state index in [0.29, 0.717) is 0 Å². The molecule has 2 aliphatic heterocycles. The summed E-state index contributed by atoms with van der Waals surface area (Å²) in [6, 6.07) is 29.1. The maximum Gasteiger partial charge on any atom is 0.225 e. The van der Waals surface area contributed by atoms with Crippen LogP contribution in [0.5, 0.6) is 0 Å². The lowest BCUT2D eigenvalue weighted by Crippen LogP contribution is -2.38. The van der Waals surface area contributed by atoms with Crippen molar-refractivity contribution < 1.29 is 4.42 Å². The highest BCUT2D eigenvalue weighted by molar-refractivity contribution is 5.87. The molecule has 2 aromatic heterocycles. The Hall–Kier alpha value is -5.35. The summed E-state index contributed by atoms with van der Waals surface area (Å²) in [6.45, 7) is 6.70. The molecule has 3 aliphatic rings. The van der Waals surface area contributed by atoms with Gasteiger partial charge in [0.25, 0.3) is 0 Å². The zero-order valence-corrected chi connectivity index (χ0v) is 26.0. The third-order valence-corrected chi connectivity index (χ3v) is 9.54. The minimum absolute atomic E-state index is 0.0894. The van der Waals surface area contributed by atoms with Crippen molar-refractivity contribution in [1.29, 1.82) is 0 Å². The number of anilines is 2. The molecule has 0 saturated carbocycles. The molecule has 45 heavy (non-hydrogen) atoms. The molecule has 0 bridgehead atoms. The Morgan fingerprint density at radius 1 is 0.756 bits per heavy atom. The molecule has 3 aromatic carbocycles. The van der Waals surface area contributed by atoms with Crippen LogP contribution in [0.4, 0.5) is 11.6 Å². The van der Waals surface area contributed by atoms with E-state index in [9.17, 15) is 0 Å². The maximum absolute atomic E-state index is 6.26. The monoisotopic (exact) mass is 585 g/mol. The molecular weight excluding hydrogens is 550 g/mol. The second-order valence-corrected chi connectivity index (χ2v) is 12.6. The lowest BCUT2D eigenvalue weighted by atomic mass is 9.81. The van der Waals surface area contributed by atoms with Gasteiger partial charge >= 0.3 is 0 Å². The van der Waals surface area contributed by atoms with Crippen LogP contribution in [0.2, 0.25) is 0 Å². The van der Waals surface area contributed by atoms with Gasteiger partial charge in [0.1, 0.15) is 17.6 Å². The Bertz CT molecular complexity index is 2060. The van der Waals surface area contributed by atoms with Crippen LogP contribution in [-0.4, -0.2) is 18.2 Å². The van der Waals surface area contributed by atoms with Crippen molar-refractivity contribution in [3.8, 4) is 33.4 Å². The minimum atomic E-state index is -0.0894. The molecule has 0 N–H and O–H groups in total. The Morgan fingerprint density at radius 2 is 1.38 bits per heavy atom. The van der Waals surface area contributed by atoms with Gasteiger partial charge < -0.3 is 9.32 Å². The van der Waals surface area contributed by atoms with Crippen molar-refractivity contribution in [3.05, 3.63) is 150 Å². The first kappa shape index (κ1) is 27.2. The van der Waals surface area contributed by atoms with Crippen LogP contribution in [0.3, 0.4) is 0 Å². The number of hydrogen-bond donors (Lipinski definition) is 0. The molecule has 4 nitrogen and oxygen atoms in total. The molecular formula is C41H35N3O. The summed E-state index contributed by atoms with van der Waals surface area (Å²) >= 11 is 0. The van der Waals surface area contributed by atoms with E-state index in [0.717, 1.165) is 22.9 Å². The Morgan fingerprint density at radius 3 is 2.04 bits per heavy atom. The minimum Gasteiger partial charge on any atom is -0.438 e. The van der Waals surface area contributed by atoms with Gasteiger partial charge in [0.15, 0.2) is 0 Å². The smallest absolute Gasteiger partial charge is 0.225 e. The molecule has 0 spiro atoms. The Labute approximate surface area is 265 Å². The van der Waals surface area contributed by atoms with Crippen molar-refractivity contribution in [1.82, 2.24) is 4.98 Å². The van der Waals surface area contributed by atoms with Gasteiger partial charge in [-0.1, -0.05) is 86.7 Å². The van der Waals surface area contributed by atoms with E-state index >= 15 is 0 Å². The number of hydrogen-bond acceptors (Lipinski definition) is 4. The van der Waals surface area contributed by atoms with Crippen molar-refractivity contribution in [2.45, 2.75) is 32.4 Å². The predicted molar refractivity (Wildman–Crippen MR) is 187 cm³/mol. The molecule has 1 aliphatic carbocycles. The summed E-state index contributed by atoms with van der Waals surface area (Å²) in [5.74, 6) is 1.74. The van der Waals surface area contributed by atoms with E-state index in [-0.39, 0.29) is 11.6 Å². The summed E-state index contributed by atoms with van der Waals surface area (Å²) in [5, 5.41) is 0. The quantitative estimate of drug-likeness (QED) is 0.192. The lowest BCUT2D eigenvalue weighted by Gasteiger charge is -2.28. The molecule has 0 radical (unpaired) electrons. The van der Waals surface area contributed by atoms with Gasteiger partial charge in [0, 0.05) is 37.1 Å². The number of rotatable bonds is 5. The van der Waals surface area contributed by atoms with Gasteiger partial charge in [-0.2, -0.15) is 0 Å². The first-order chi connectivity index (χ1) is 21.9. The number of fused-ring (bicyclic) bond motifs is 6. The second kappa shape index (κ2) is 10.4. The van der Waals surface area contributed by atoms with Crippen LogP contribution in [0.25, 0.3) is 45.0 Å². The number of pyridine rings is 1. The molecule has 0 fully saturated rings. The van der Waals surface area contributed by atoms with Crippen molar-refractivity contribution >= 4 is 23.2 Å². The number of nitrogens with zero attached hydrogens (tertiary/aromatic N) is 3. The zero-order chi connectivity index (χ0) is 30.7. The third kappa shape index (κ3) is 4.40. The average Bonchev–Trinajstić information content (AvgIpc) is 3.69. The van der Waals surface area contributed by atoms with Crippen molar-refractivity contribution in [2.75, 3.05) is 16.8 Å². The van der Waals surface area contributed by atoms with Crippen LogP contribution in [-0.2, 0) is 5.41 Å². The molecule has 0 amide bonds. The van der Waals surface area contributed by atoms with E-state index in [1.54, 1.807) is 0 Å². The number of furan rings is 1. The summed E-state index contributed by atoms with van der Waals surface area (Å²) < 4.78 is 6.26. The third-order valence-electron chi connectivity index (χ3n) is 9.54. The summed E-state index contributed by atoms with van der Waals surface area (Å²) in [7, 11) is 2.12. The molecule has 5 aromatic rings. The van der Waals surface area contributed by atoms with E-state index in [1.807, 2.05) is 43.6 Å². The standard InChI is InChI=1S/C41H35N3O/c1-5-6-7-8-33-25-38-40(45-33)44-26-32(15-18-39(44)43(38)4)28-11-9-27(10-12-28)30-13-16-34-35-17-14-31(29-19-21-42-22-20-29)24-37(35)41(2,3)36(34)23-30/h5-26,39H,1-4H3/b6-5-,8-7-. The molecule has 220 valence electrons. The molecule has 1 atom stereocenters. The summed E-state index contributed by atoms with van der Waals surface area (Å²) in [5.41, 5.74) is 13.7. The number of allylic oxidation sites excluding steroid dienone is 5. The van der Waals surface area contributed by atoms with Crippen LogP contribution in [0, 0.1) is 0 Å². The van der Waals surface area contributed by atoms with Crippen LogP contribution in [0.15, 0.2) is 132 Å². The normalized spacial score (nSPS) is 17.5. The SMILES string of the molecule is C/C=C\C=C/c1cc2c(o1)N1C=C(c3ccc(-c4ccc5c(c4)C(C)(C)c4cc(-c6ccncc6)ccc4-5)cc3)C=CC1N2C. The zero-order valence-electron chi connectivity index (χ0n) is 26.0. The Balaban J connectivity index is 1.07. The van der Waals surface area contributed by atoms with Gasteiger partial charge in [-0.15, -0.1) is 0 Å². The molecule has 8 rings (SSSR count). The molecule has 4 heteroatoms. The van der Waals surface area contributed by atoms with Crippen LogP contribution in [0.1, 0.15) is 43.2 Å². The lowest BCUT2D eigenvalue weighted by molar-refractivity contribution is 0.551. The average molecular weight is 586 g/mol. The number of likely N-dealkylation sites (N-methyl/N-ethyl adjacent to an activating group) is 1. The topological polar surface area (TPSA) is 32.5 Å². The van der Waals surface area contributed by atoms with E-state index in [2.05, 4.69) is 133 Å². The van der Waals surface area contributed by atoms with E-state index < -0.39 is 0 Å². The van der Waals surface area contributed by atoms with Crippen LogP contribution < -0.4 is 9.80 Å². The highest BCUT2D eigenvalue weighted by Crippen LogP contribution is 2.51.